The second-order valence-corrected chi connectivity index (χ2v) is 4.30. The summed E-state index contributed by atoms with van der Waals surface area (Å²) in [6.45, 7) is 4.38. The Morgan fingerprint density at radius 3 is 2.63 bits per heavy atom. The molecule has 19 heavy (non-hydrogen) atoms. The number of hydrogen-bond donors (Lipinski definition) is 0. The first-order valence-corrected chi connectivity index (χ1v) is 6.39. The summed E-state index contributed by atoms with van der Waals surface area (Å²) in [7, 11) is 0. The first-order valence-electron chi connectivity index (χ1n) is 6.39. The van der Waals surface area contributed by atoms with Gasteiger partial charge in [-0.15, -0.1) is 0 Å². The number of hydrogen-bond acceptors (Lipinski definition) is 4. The molecule has 1 amide bonds. The van der Waals surface area contributed by atoms with Gasteiger partial charge in [-0.25, -0.2) is 0 Å². The topological polar surface area (TPSA) is 59.2 Å². The number of unbranched alkanes of at least 4 members (excludes halogenated alkanes) is 1. The Morgan fingerprint density at radius 2 is 2.05 bits per heavy atom. The SMILES string of the molecule is CCCCN(C(=O)c1ccccc1)c1nc(C)no1. The Labute approximate surface area is 112 Å². The van der Waals surface area contributed by atoms with Gasteiger partial charge in [0.1, 0.15) is 0 Å². The lowest BCUT2D eigenvalue weighted by Crippen LogP contribution is -2.32. The van der Waals surface area contributed by atoms with Gasteiger partial charge in [0.05, 0.1) is 0 Å². The number of aryl methyl sites for hydroxylation is 1. The van der Waals surface area contributed by atoms with Crippen LogP contribution in [0.5, 0.6) is 0 Å². The van der Waals surface area contributed by atoms with Crippen LogP contribution in [0.3, 0.4) is 0 Å². The summed E-state index contributed by atoms with van der Waals surface area (Å²) < 4.78 is 5.11. The molecule has 0 bridgehead atoms. The van der Waals surface area contributed by atoms with Crippen LogP contribution in [-0.4, -0.2) is 22.6 Å². The molecule has 5 heteroatoms. The molecule has 1 aromatic carbocycles. The van der Waals surface area contributed by atoms with Gasteiger partial charge in [-0.05, 0) is 25.5 Å². The lowest BCUT2D eigenvalue weighted by molar-refractivity contribution is 0.0979. The first kappa shape index (κ1) is 13.3. The zero-order valence-electron chi connectivity index (χ0n) is 11.2. The summed E-state index contributed by atoms with van der Waals surface area (Å²) in [5.41, 5.74) is 0.620. The van der Waals surface area contributed by atoms with Crippen molar-refractivity contribution < 1.29 is 9.32 Å². The number of anilines is 1. The van der Waals surface area contributed by atoms with Gasteiger partial charge < -0.3 is 4.52 Å². The van der Waals surface area contributed by atoms with Crippen LogP contribution in [0, 0.1) is 6.92 Å². The minimum atomic E-state index is -0.113. The minimum Gasteiger partial charge on any atom is -0.315 e. The van der Waals surface area contributed by atoms with Crippen molar-refractivity contribution in [3.63, 3.8) is 0 Å². The van der Waals surface area contributed by atoms with E-state index in [1.807, 2.05) is 18.2 Å². The van der Waals surface area contributed by atoms with E-state index in [1.165, 1.54) is 0 Å². The van der Waals surface area contributed by atoms with Crippen molar-refractivity contribution in [2.75, 3.05) is 11.4 Å². The Balaban J connectivity index is 2.25. The number of carbonyl (C=O) groups is 1. The second-order valence-electron chi connectivity index (χ2n) is 4.30. The molecule has 0 unspecified atom stereocenters. The number of benzene rings is 1. The number of aromatic nitrogens is 2. The van der Waals surface area contributed by atoms with Crippen LogP contribution in [0.15, 0.2) is 34.9 Å². The van der Waals surface area contributed by atoms with Crippen LogP contribution in [-0.2, 0) is 0 Å². The molecule has 100 valence electrons. The lowest BCUT2D eigenvalue weighted by Gasteiger charge is -2.17. The van der Waals surface area contributed by atoms with Crippen LogP contribution in [0.1, 0.15) is 35.9 Å². The number of nitrogens with zero attached hydrogens (tertiary/aromatic N) is 3. The van der Waals surface area contributed by atoms with Gasteiger partial charge in [-0.3, -0.25) is 9.69 Å². The van der Waals surface area contributed by atoms with Crippen molar-refractivity contribution in [3.05, 3.63) is 41.7 Å². The summed E-state index contributed by atoms with van der Waals surface area (Å²) in [5.74, 6) is 0.412. The van der Waals surface area contributed by atoms with Crippen molar-refractivity contribution in [2.45, 2.75) is 26.7 Å². The monoisotopic (exact) mass is 259 g/mol. The van der Waals surface area contributed by atoms with E-state index in [4.69, 9.17) is 4.52 Å². The van der Waals surface area contributed by atoms with E-state index in [1.54, 1.807) is 24.0 Å². The number of amides is 1. The van der Waals surface area contributed by atoms with Crippen molar-refractivity contribution in [1.82, 2.24) is 10.1 Å². The molecule has 0 N–H and O–H groups in total. The Morgan fingerprint density at radius 1 is 1.32 bits per heavy atom. The Hall–Kier alpha value is -2.17. The molecule has 0 saturated carbocycles. The molecule has 2 aromatic rings. The largest absolute Gasteiger partial charge is 0.331 e. The van der Waals surface area contributed by atoms with Crippen molar-refractivity contribution in [2.24, 2.45) is 0 Å². The van der Waals surface area contributed by atoms with Gasteiger partial charge in [0.25, 0.3) is 5.91 Å². The molecule has 0 aliphatic rings. The predicted octanol–water partition coefficient (Wildman–Crippen LogP) is 2.82. The van der Waals surface area contributed by atoms with Gasteiger partial charge in [-0.1, -0.05) is 36.7 Å². The summed E-state index contributed by atoms with van der Waals surface area (Å²) >= 11 is 0. The highest BCUT2D eigenvalue weighted by Gasteiger charge is 2.21. The van der Waals surface area contributed by atoms with E-state index in [9.17, 15) is 4.79 Å². The van der Waals surface area contributed by atoms with E-state index >= 15 is 0 Å². The molecule has 5 nitrogen and oxygen atoms in total. The van der Waals surface area contributed by atoms with Crippen molar-refractivity contribution in [3.8, 4) is 0 Å². The Kier molecular flexibility index (Phi) is 4.28. The second kappa shape index (κ2) is 6.13. The molecule has 2 rings (SSSR count). The highest BCUT2D eigenvalue weighted by atomic mass is 16.5. The maximum atomic E-state index is 12.5. The standard InChI is InChI=1S/C14H17N3O2/c1-3-4-10-17(14-15-11(2)16-19-14)13(18)12-8-6-5-7-9-12/h5-9H,3-4,10H2,1-2H3. The third kappa shape index (κ3) is 3.19. The van der Waals surface area contributed by atoms with Crippen LogP contribution in [0.25, 0.3) is 0 Å². The maximum absolute atomic E-state index is 12.5. The van der Waals surface area contributed by atoms with E-state index in [0.717, 1.165) is 12.8 Å². The first-order chi connectivity index (χ1) is 9.22. The van der Waals surface area contributed by atoms with Gasteiger partial charge in [0.15, 0.2) is 5.82 Å². The van der Waals surface area contributed by atoms with Crippen molar-refractivity contribution >= 4 is 11.9 Å². The minimum absolute atomic E-state index is 0.113. The third-order valence-electron chi connectivity index (χ3n) is 2.75. The lowest BCUT2D eigenvalue weighted by atomic mass is 10.2. The molecule has 0 fully saturated rings. The average molecular weight is 259 g/mol. The fourth-order valence-corrected chi connectivity index (χ4v) is 1.73. The quantitative estimate of drug-likeness (QED) is 0.828. The molecular formula is C14H17N3O2. The van der Waals surface area contributed by atoms with Crippen LogP contribution in [0.4, 0.5) is 6.01 Å². The average Bonchev–Trinajstić information content (AvgIpc) is 2.86. The normalized spacial score (nSPS) is 10.4. The van der Waals surface area contributed by atoms with E-state index < -0.39 is 0 Å². The van der Waals surface area contributed by atoms with Gasteiger partial charge >= 0.3 is 6.01 Å². The van der Waals surface area contributed by atoms with Gasteiger partial charge in [0, 0.05) is 12.1 Å². The predicted molar refractivity (Wildman–Crippen MR) is 72.1 cm³/mol. The molecule has 0 saturated heterocycles. The summed E-state index contributed by atoms with van der Waals surface area (Å²) in [6.07, 6.45) is 1.88. The molecular weight excluding hydrogens is 242 g/mol. The summed E-state index contributed by atoms with van der Waals surface area (Å²) in [5, 5.41) is 3.74. The highest BCUT2D eigenvalue weighted by Crippen LogP contribution is 2.15. The van der Waals surface area contributed by atoms with Gasteiger partial charge in [-0.2, -0.15) is 4.98 Å². The summed E-state index contributed by atoms with van der Waals surface area (Å²) in [4.78, 5) is 18.1. The molecule has 0 spiro atoms. The molecule has 0 atom stereocenters. The maximum Gasteiger partial charge on any atom is 0.331 e. The molecule has 0 aliphatic heterocycles. The molecule has 1 heterocycles. The molecule has 1 aromatic heterocycles. The molecule has 0 radical (unpaired) electrons. The van der Waals surface area contributed by atoms with Crippen LogP contribution in [0.2, 0.25) is 0 Å². The number of carbonyl (C=O) groups excluding carboxylic acids is 1. The Bertz CT molecular complexity index is 537. The van der Waals surface area contributed by atoms with Gasteiger partial charge in [0.2, 0.25) is 0 Å². The zero-order chi connectivity index (χ0) is 13.7. The van der Waals surface area contributed by atoms with Crippen LogP contribution >= 0.6 is 0 Å². The van der Waals surface area contributed by atoms with E-state index in [2.05, 4.69) is 17.1 Å². The zero-order valence-corrected chi connectivity index (χ0v) is 11.2. The summed E-state index contributed by atoms with van der Waals surface area (Å²) in [6, 6.07) is 9.38. The highest BCUT2D eigenvalue weighted by molar-refractivity contribution is 6.04. The fourth-order valence-electron chi connectivity index (χ4n) is 1.73. The van der Waals surface area contributed by atoms with Crippen molar-refractivity contribution in [1.29, 1.82) is 0 Å². The fraction of sp³-hybridized carbons (Fsp3) is 0.357. The molecule has 0 aliphatic carbocycles. The third-order valence-corrected chi connectivity index (χ3v) is 2.75. The smallest absolute Gasteiger partial charge is 0.315 e. The van der Waals surface area contributed by atoms with E-state index in [-0.39, 0.29) is 11.9 Å². The van der Waals surface area contributed by atoms with Crippen LogP contribution < -0.4 is 4.90 Å². The van der Waals surface area contributed by atoms with E-state index in [0.29, 0.717) is 17.9 Å². The number of rotatable bonds is 5.